The molecule has 0 aromatic rings. The van der Waals surface area contributed by atoms with E-state index in [0.717, 1.165) is 5.57 Å². The predicted molar refractivity (Wildman–Crippen MR) is 53.0 cm³/mol. The Kier molecular flexibility index (Phi) is 5.34. The van der Waals surface area contributed by atoms with Gasteiger partial charge in [-0.05, 0) is 19.7 Å². The molecule has 2 nitrogen and oxygen atoms in total. The third-order valence-corrected chi connectivity index (χ3v) is 1.47. The Hall–Kier alpha value is -0.860. The zero-order chi connectivity index (χ0) is 9.56. The molecular formula is C10H17NO. The van der Waals surface area contributed by atoms with Crippen LogP contribution in [0.5, 0.6) is 0 Å². The van der Waals surface area contributed by atoms with Crippen LogP contribution in [-0.2, 0) is 0 Å². The van der Waals surface area contributed by atoms with Gasteiger partial charge in [-0.1, -0.05) is 31.4 Å². The standard InChI is InChI=1S/C10H17NO/c1-5-7-9(6-2)10(12)8-11(3)4/h5-7,10,12H,1-2,8H2,3-4H3/b9-7+. The van der Waals surface area contributed by atoms with Gasteiger partial charge in [0.25, 0.3) is 0 Å². The summed E-state index contributed by atoms with van der Waals surface area (Å²) in [6.07, 6.45) is 4.59. The molecule has 0 bridgehead atoms. The molecule has 68 valence electrons. The quantitative estimate of drug-likeness (QED) is 0.622. The van der Waals surface area contributed by atoms with Crippen molar-refractivity contribution in [1.82, 2.24) is 4.90 Å². The van der Waals surface area contributed by atoms with E-state index in [-0.39, 0.29) is 0 Å². The molecule has 0 fully saturated rings. The Bertz CT molecular complexity index is 182. The number of aliphatic hydroxyl groups is 1. The van der Waals surface area contributed by atoms with Crippen LogP contribution in [0.1, 0.15) is 0 Å². The van der Waals surface area contributed by atoms with E-state index < -0.39 is 6.10 Å². The summed E-state index contributed by atoms with van der Waals surface area (Å²) >= 11 is 0. The number of aliphatic hydroxyl groups excluding tert-OH is 1. The zero-order valence-electron chi connectivity index (χ0n) is 7.83. The summed E-state index contributed by atoms with van der Waals surface area (Å²) in [6.45, 7) is 7.78. The van der Waals surface area contributed by atoms with E-state index in [0.29, 0.717) is 6.54 Å². The van der Waals surface area contributed by atoms with E-state index in [1.807, 2.05) is 19.0 Å². The van der Waals surface area contributed by atoms with E-state index in [2.05, 4.69) is 13.2 Å². The second kappa shape index (κ2) is 5.75. The second-order valence-corrected chi connectivity index (χ2v) is 2.88. The molecule has 1 unspecified atom stereocenters. The molecule has 0 aromatic heterocycles. The molecule has 0 heterocycles. The van der Waals surface area contributed by atoms with Crippen LogP contribution < -0.4 is 0 Å². The minimum absolute atomic E-state index is 0.476. The van der Waals surface area contributed by atoms with Crippen molar-refractivity contribution in [2.24, 2.45) is 0 Å². The van der Waals surface area contributed by atoms with Crippen molar-refractivity contribution in [2.45, 2.75) is 6.10 Å². The van der Waals surface area contributed by atoms with Gasteiger partial charge in [0.2, 0.25) is 0 Å². The van der Waals surface area contributed by atoms with Gasteiger partial charge in [-0.15, -0.1) is 0 Å². The smallest absolute Gasteiger partial charge is 0.0916 e. The van der Waals surface area contributed by atoms with Crippen molar-refractivity contribution in [3.8, 4) is 0 Å². The van der Waals surface area contributed by atoms with E-state index in [1.165, 1.54) is 0 Å². The van der Waals surface area contributed by atoms with Crippen LogP contribution in [0.4, 0.5) is 0 Å². The Morgan fingerprint density at radius 2 is 2.08 bits per heavy atom. The number of nitrogens with zero attached hydrogens (tertiary/aromatic N) is 1. The minimum atomic E-state index is -0.476. The zero-order valence-corrected chi connectivity index (χ0v) is 7.83. The maximum atomic E-state index is 9.58. The van der Waals surface area contributed by atoms with Crippen LogP contribution in [0.2, 0.25) is 0 Å². The molecule has 1 N–H and O–H groups in total. The first-order chi connectivity index (χ1) is 5.61. The average molecular weight is 167 g/mol. The molecule has 0 aliphatic carbocycles. The molecule has 1 atom stereocenters. The largest absolute Gasteiger partial charge is 0.387 e. The highest BCUT2D eigenvalue weighted by Crippen LogP contribution is 2.04. The molecule has 0 aliphatic heterocycles. The van der Waals surface area contributed by atoms with Crippen molar-refractivity contribution < 1.29 is 5.11 Å². The van der Waals surface area contributed by atoms with Gasteiger partial charge < -0.3 is 10.0 Å². The molecule has 12 heavy (non-hydrogen) atoms. The van der Waals surface area contributed by atoms with Crippen molar-refractivity contribution in [3.63, 3.8) is 0 Å². The fourth-order valence-electron chi connectivity index (χ4n) is 0.903. The summed E-state index contributed by atoms with van der Waals surface area (Å²) in [5.41, 5.74) is 0.804. The molecule has 0 radical (unpaired) electrons. The van der Waals surface area contributed by atoms with Crippen LogP contribution in [0, 0.1) is 0 Å². The summed E-state index contributed by atoms with van der Waals surface area (Å²) in [7, 11) is 3.83. The molecule has 0 rings (SSSR count). The second-order valence-electron chi connectivity index (χ2n) is 2.88. The lowest BCUT2D eigenvalue weighted by molar-refractivity contribution is 0.171. The first-order valence-corrected chi connectivity index (χ1v) is 3.89. The van der Waals surface area contributed by atoms with Crippen LogP contribution in [0.3, 0.4) is 0 Å². The van der Waals surface area contributed by atoms with Crippen molar-refractivity contribution >= 4 is 0 Å². The third-order valence-electron chi connectivity index (χ3n) is 1.47. The Balaban J connectivity index is 4.21. The summed E-state index contributed by atoms with van der Waals surface area (Å²) in [6, 6.07) is 0. The van der Waals surface area contributed by atoms with Crippen LogP contribution in [-0.4, -0.2) is 36.8 Å². The molecule has 0 saturated carbocycles. The topological polar surface area (TPSA) is 23.5 Å². The maximum absolute atomic E-state index is 9.58. The number of likely N-dealkylation sites (N-methyl/N-ethyl adjacent to an activating group) is 1. The fraction of sp³-hybridized carbons (Fsp3) is 0.400. The first-order valence-electron chi connectivity index (χ1n) is 3.89. The van der Waals surface area contributed by atoms with Gasteiger partial charge in [-0.2, -0.15) is 0 Å². The van der Waals surface area contributed by atoms with E-state index >= 15 is 0 Å². The fourth-order valence-corrected chi connectivity index (χ4v) is 0.903. The summed E-state index contributed by atoms with van der Waals surface area (Å²) in [4.78, 5) is 1.92. The SMILES string of the molecule is C=C/C=C(\C=C)C(O)CN(C)C. The summed E-state index contributed by atoms with van der Waals surface area (Å²) in [5, 5.41) is 9.58. The molecule has 0 aliphatic rings. The lowest BCUT2D eigenvalue weighted by Gasteiger charge is -2.16. The number of hydrogen-bond donors (Lipinski definition) is 1. The highest BCUT2D eigenvalue weighted by Gasteiger charge is 2.07. The molecule has 2 heteroatoms. The van der Waals surface area contributed by atoms with Gasteiger partial charge in [0.05, 0.1) is 6.10 Å². The van der Waals surface area contributed by atoms with Crippen molar-refractivity contribution in [1.29, 1.82) is 0 Å². The van der Waals surface area contributed by atoms with E-state index in [1.54, 1.807) is 18.2 Å². The van der Waals surface area contributed by atoms with Crippen molar-refractivity contribution in [3.05, 3.63) is 37.0 Å². The highest BCUT2D eigenvalue weighted by molar-refractivity contribution is 5.25. The third kappa shape index (κ3) is 4.11. The van der Waals surface area contributed by atoms with E-state index in [4.69, 9.17) is 0 Å². The highest BCUT2D eigenvalue weighted by atomic mass is 16.3. The van der Waals surface area contributed by atoms with Crippen LogP contribution in [0.15, 0.2) is 37.0 Å². The number of rotatable bonds is 5. The molecule has 0 saturated heterocycles. The Morgan fingerprint density at radius 3 is 2.42 bits per heavy atom. The van der Waals surface area contributed by atoms with Gasteiger partial charge >= 0.3 is 0 Å². The van der Waals surface area contributed by atoms with Gasteiger partial charge in [0.15, 0.2) is 0 Å². The molecular weight excluding hydrogens is 150 g/mol. The van der Waals surface area contributed by atoms with Gasteiger partial charge in [0.1, 0.15) is 0 Å². The molecule has 0 aromatic carbocycles. The number of allylic oxidation sites excluding steroid dienone is 2. The van der Waals surface area contributed by atoms with Crippen molar-refractivity contribution in [2.75, 3.05) is 20.6 Å². The van der Waals surface area contributed by atoms with Crippen LogP contribution >= 0.6 is 0 Å². The predicted octanol–water partition coefficient (Wildman–Crippen LogP) is 1.21. The average Bonchev–Trinajstić information content (AvgIpc) is 1.98. The summed E-state index contributed by atoms with van der Waals surface area (Å²) in [5.74, 6) is 0. The Morgan fingerprint density at radius 1 is 1.50 bits per heavy atom. The van der Waals surface area contributed by atoms with Gasteiger partial charge in [-0.3, -0.25) is 0 Å². The lowest BCUT2D eigenvalue weighted by atomic mass is 10.1. The number of hydrogen-bond acceptors (Lipinski definition) is 2. The first kappa shape index (κ1) is 11.1. The normalized spacial score (nSPS) is 14.5. The maximum Gasteiger partial charge on any atom is 0.0916 e. The summed E-state index contributed by atoms with van der Waals surface area (Å²) < 4.78 is 0. The van der Waals surface area contributed by atoms with Crippen LogP contribution in [0.25, 0.3) is 0 Å². The lowest BCUT2D eigenvalue weighted by Crippen LogP contribution is -2.26. The van der Waals surface area contributed by atoms with Gasteiger partial charge in [-0.25, -0.2) is 0 Å². The van der Waals surface area contributed by atoms with E-state index in [9.17, 15) is 5.11 Å². The molecule has 0 amide bonds. The Labute approximate surface area is 74.5 Å². The minimum Gasteiger partial charge on any atom is -0.387 e. The monoisotopic (exact) mass is 167 g/mol. The molecule has 0 spiro atoms. The van der Waals surface area contributed by atoms with Gasteiger partial charge in [0, 0.05) is 6.54 Å².